The Bertz CT molecular complexity index is 482. The van der Waals surface area contributed by atoms with Crippen LogP contribution >= 0.6 is 0 Å². The first-order valence-electron chi connectivity index (χ1n) is 6.47. The zero-order valence-electron chi connectivity index (χ0n) is 10.7. The fourth-order valence-corrected chi connectivity index (χ4v) is 2.29. The average Bonchev–Trinajstić information content (AvgIpc) is 2.89. The summed E-state index contributed by atoms with van der Waals surface area (Å²) >= 11 is 0. The van der Waals surface area contributed by atoms with Crippen molar-refractivity contribution >= 4 is 11.8 Å². The summed E-state index contributed by atoms with van der Waals surface area (Å²) in [6.45, 7) is 0. The minimum absolute atomic E-state index is 0.135. The van der Waals surface area contributed by atoms with E-state index in [-0.39, 0.29) is 11.8 Å². The van der Waals surface area contributed by atoms with Crippen molar-refractivity contribution in [2.45, 2.75) is 25.3 Å². The second-order valence-corrected chi connectivity index (χ2v) is 4.78. The lowest BCUT2D eigenvalue weighted by Crippen LogP contribution is -2.37. The van der Waals surface area contributed by atoms with Gasteiger partial charge in [-0.25, -0.2) is 0 Å². The van der Waals surface area contributed by atoms with Crippen LogP contribution in [0.4, 0.5) is 0 Å². The molecule has 0 aliphatic heterocycles. The summed E-state index contributed by atoms with van der Waals surface area (Å²) in [6.07, 6.45) is 6.57. The fourth-order valence-electron chi connectivity index (χ4n) is 2.29. The van der Waals surface area contributed by atoms with Crippen molar-refractivity contribution in [1.29, 1.82) is 0 Å². The Morgan fingerprint density at radius 2 is 2.05 bits per heavy atom. The highest BCUT2D eigenvalue weighted by Gasteiger charge is 2.21. The minimum atomic E-state index is -0.751. The van der Waals surface area contributed by atoms with E-state index in [2.05, 4.69) is 17.5 Å². The van der Waals surface area contributed by atoms with E-state index in [4.69, 9.17) is 5.73 Å². The molecular formula is C15H18N2O2. The molecule has 4 nitrogen and oxygen atoms in total. The van der Waals surface area contributed by atoms with Gasteiger partial charge in [-0.15, -0.1) is 0 Å². The highest BCUT2D eigenvalue weighted by atomic mass is 16.2. The molecule has 2 atom stereocenters. The predicted molar refractivity (Wildman–Crippen MR) is 73.0 cm³/mol. The van der Waals surface area contributed by atoms with Crippen LogP contribution in [0.5, 0.6) is 0 Å². The van der Waals surface area contributed by atoms with Crippen LogP contribution in [0.2, 0.25) is 0 Å². The first-order valence-corrected chi connectivity index (χ1v) is 6.47. The van der Waals surface area contributed by atoms with Crippen molar-refractivity contribution in [1.82, 2.24) is 5.32 Å². The molecule has 0 bridgehead atoms. The zero-order chi connectivity index (χ0) is 13.7. The molecule has 1 aromatic carbocycles. The first kappa shape index (κ1) is 13.3. The summed E-state index contributed by atoms with van der Waals surface area (Å²) in [6, 6.07) is 8.30. The quantitative estimate of drug-likeness (QED) is 0.789. The monoisotopic (exact) mass is 258 g/mol. The molecule has 100 valence electrons. The van der Waals surface area contributed by atoms with Crippen molar-refractivity contribution in [3.63, 3.8) is 0 Å². The van der Waals surface area contributed by atoms with Crippen LogP contribution in [0.1, 0.15) is 30.9 Å². The predicted octanol–water partition coefficient (Wildman–Crippen LogP) is 1.69. The van der Waals surface area contributed by atoms with Gasteiger partial charge in [-0.2, -0.15) is 0 Å². The molecule has 0 unspecified atom stereocenters. The number of amides is 2. The molecule has 0 fully saturated rings. The normalized spacial score (nSPS) is 19.1. The van der Waals surface area contributed by atoms with Crippen LogP contribution in [-0.4, -0.2) is 11.8 Å². The number of primary amides is 1. The number of nitrogens with one attached hydrogen (secondary N) is 1. The van der Waals surface area contributed by atoms with Gasteiger partial charge in [0.05, 0.1) is 0 Å². The molecular weight excluding hydrogens is 240 g/mol. The zero-order valence-corrected chi connectivity index (χ0v) is 10.7. The Kier molecular flexibility index (Phi) is 4.34. The van der Waals surface area contributed by atoms with Gasteiger partial charge in [0.15, 0.2) is 0 Å². The summed E-state index contributed by atoms with van der Waals surface area (Å²) in [4.78, 5) is 23.4. The molecule has 3 N–H and O–H groups in total. The third kappa shape index (κ3) is 3.68. The lowest BCUT2D eigenvalue weighted by Gasteiger charge is -2.17. The molecule has 0 spiro atoms. The van der Waals surface area contributed by atoms with E-state index in [9.17, 15) is 9.59 Å². The summed E-state index contributed by atoms with van der Waals surface area (Å²) in [7, 11) is 0. The van der Waals surface area contributed by atoms with Crippen molar-refractivity contribution in [3.05, 3.63) is 48.0 Å². The summed E-state index contributed by atoms with van der Waals surface area (Å²) in [5.74, 6) is -0.394. The summed E-state index contributed by atoms with van der Waals surface area (Å²) in [5, 5.41) is 2.71. The van der Waals surface area contributed by atoms with Gasteiger partial charge in [-0.3, -0.25) is 9.59 Å². The maximum atomic E-state index is 11.9. The van der Waals surface area contributed by atoms with Gasteiger partial charge >= 0.3 is 0 Å². The number of carbonyl (C=O) groups is 2. The topological polar surface area (TPSA) is 72.2 Å². The van der Waals surface area contributed by atoms with Crippen LogP contribution < -0.4 is 11.1 Å². The third-order valence-corrected chi connectivity index (χ3v) is 3.28. The molecule has 1 aromatic rings. The maximum absolute atomic E-state index is 11.9. The lowest BCUT2D eigenvalue weighted by atomic mass is 10.0. The van der Waals surface area contributed by atoms with E-state index < -0.39 is 11.9 Å². The molecule has 0 saturated carbocycles. The van der Waals surface area contributed by atoms with Gasteiger partial charge in [0.1, 0.15) is 6.04 Å². The van der Waals surface area contributed by atoms with E-state index in [1.165, 1.54) is 0 Å². The number of hydrogen-bond donors (Lipinski definition) is 2. The Balaban J connectivity index is 1.99. The van der Waals surface area contributed by atoms with Gasteiger partial charge in [0.25, 0.3) is 0 Å². The van der Waals surface area contributed by atoms with Crippen LogP contribution in [0, 0.1) is 5.92 Å². The summed E-state index contributed by atoms with van der Waals surface area (Å²) < 4.78 is 0. The van der Waals surface area contributed by atoms with Crippen molar-refractivity contribution in [3.8, 4) is 0 Å². The lowest BCUT2D eigenvalue weighted by molar-refractivity contribution is -0.127. The number of benzene rings is 1. The van der Waals surface area contributed by atoms with Crippen LogP contribution in [-0.2, 0) is 9.59 Å². The molecule has 0 saturated heterocycles. The number of allylic oxidation sites excluding steroid dienone is 2. The molecule has 0 radical (unpaired) electrons. The molecule has 0 heterocycles. The molecule has 19 heavy (non-hydrogen) atoms. The number of nitrogens with two attached hydrogens (primary N) is 1. The van der Waals surface area contributed by atoms with E-state index in [0.717, 1.165) is 12.8 Å². The Labute approximate surface area is 112 Å². The second-order valence-electron chi connectivity index (χ2n) is 4.78. The number of rotatable bonds is 5. The fraction of sp³-hybridized carbons (Fsp3) is 0.333. The SMILES string of the molecule is NC(=O)[C@@H](NC(=O)C[C@@H]1C=CCC1)c1ccccc1. The Morgan fingerprint density at radius 3 is 2.63 bits per heavy atom. The average molecular weight is 258 g/mol. The molecule has 2 amide bonds. The molecule has 1 aliphatic rings. The van der Waals surface area contributed by atoms with Gasteiger partial charge < -0.3 is 11.1 Å². The highest BCUT2D eigenvalue weighted by Crippen LogP contribution is 2.21. The minimum Gasteiger partial charge on any atom is -0.368 e. The van der Waals surface area contributed by atoms with Crippen molar-refractivity contribution in [2.24, 2.45) is 11.7 Å². The van der Waals surface area contributed by atoms with E-state index in [1.807, 2.05) is 18.2 Å². The Morgan fingerprint density at radius 1 is 1.32 bits per heavy atom. The third-order valence-electron chi connectivity index (χ3n) is 3.28. The number of hydrogen-bond acceptors (Lipinski definition) is 2. The van der Waals surface area contributed by atoms with Gasteiger partial charge in [-0.05, 0) is 24.3 Å². The molecule has 2 rings (SSSR count). The first-order chi connectivity index (χ1) is 9.16. The Hall–Kier alpha value is -2.10. The molecule has 0 aromatic heterocycles. The van der Waals surface area contributed by atoms with Crippen LogP contribution in [0.3, 0.4) is 0 Å². The standard InChI is InChI=1S/C15H18N2O2/c16-15(19)14(12-8-2-1-3-9-12)17-13(18)10-11-6-4-5-7-11/h1-4,6,8-9,11,14H,5,7,10H2,(H2,16,19)(H,17,18)/t11-,14+/m1/s1. The van der Waals surface area contributed by atoms with Gasteiger partial charge in [0.2, 0.25) is 11.8 Å². The van der Waals surface area contributed by atoms with Crippen LogP contribution in [0.15, 0.2) is 42.5 Å². The van der Waals surface area contributed by atoms with Crippen molar-refractivity contribution in [2.75, 3.05) is 0 Å². The van der Waals surface area contributed by atoms with Gasteiger partial charge in [-0.1, -0.05) is 42.5 Å². The van der Waals surface area contributed by atoms with E-state index in [0.29, 0.717) is 12.0 Å². The largest absolute Gasteiger partial charge is 0.368 e. The highest BCUT2D eigenvalue weighted by molar-refractivity contribution is 5.87. The van der Waals surface area contributed by atoms with Gasteiger partial charge in [0, 0.05) is 6.42 Å². The number of carbonyl (C=O) groups excluding carboxylic acids is 2. The maximum Gasteiger partial charge on any atom is 0.244 e. The van der Waals surface area contributed by atoms with Crippen molar-refractivity contribution < 1.29 is 9.59 Å². The van der Waals surface area contributed by atoms with E-state index in [1.54, 1.807) is 12.1 Å². The smallest absolute Gasteiger partial charge is 0.244 e. The van der Waals surface area contributed by atoms with E-state index >= 15 is 0 Å². The molecule has 1 aliphatic carbocycles. The van der Waals surface area contributed by atoms with Crippen LogP contribution in [0.25, 0.3) is 0 Å². The summed E-state index contributed by atoms with van der Waals surface area (Å²) in [5.41, 5.74) is 6.07. The second kappa shape index (κ2) is 6.18. The molecule has 4 heteroatoms.